The number of rotatable bonds is 5. The van der Waals surface area contributed by atoms with Gasteiger partial charge >= 0.3 is 0 Å². The van der Waals surface area contributed by atoms with Gasteiger partial charge in [0.1, 0.15) is 5.75 Å². The van der Waals surface area contributed by atoms with Crippen molar-refractivity contribution < 1.29 is 9.47 Å². The van der Waals surface area contributed by atoms with E-state index < -0.39 is 0 Å². The molecule has 3 aromatic carbocycles. The predicted molar refractivity (Wildman–Crippen MR) is 128 cm³/mol. The van der Waals surface area contributed by atoms with Gasteiger partial charge in [0.2, 0.25) is 0 Å². The van der Waals surface area contributed by atoms with Gasteiger partial charge in [-0.3, -0.25) is 4.98 Å². The Balaban J connectivity index is 1.38. The van der Waals surface area contributed by atoms with Gasteiger partial charge in [-0.2, -0.15) is 5.10 Å². The number of halogens is 2. The van der Waals surface area contributed by atoms with Crippen molar-refractivity contribution in [1.29, 1.82) is 0 Å². The maximum atomic E-state index is 6.20. The van der Waals surface area contributed by atoms with Crippen molar-refractivity contribution in [2.75, 3.05) is 7.11 Å². The summed E-state index contributed by atoms with van der Waals surface area (Å²) in [6.45, 7) is 0. The van der Waals surface area contributed by atoms with E-state index in [1.807, 2.05) is 66.7 Å². The van der Waals surface area contributed by atoms with Crippen molar-refractivity contribution >= 4 is 39.8 Å². The van der Waals surface area contributed by atoms with E-state index >= 15 is 0 Å². The van der Waals surface area contributed by atoms with Crippen LogP contribution in [0.5, 0.6) is 17.2 Å². The fourth-order valence-corrected chi connectivity index (χ4v) is 4.04. The van der Waals surface area contributed by atoms with Crippen LogP contribution in [0.2, 0.25) is 10.0 Å². The number of ether oxygens (including phenoxy) is 2. The fraction of sp³-hybridized carbons (Fsp3) is 0.120. The Morgan fingerprint density at radius 3 is 2.50 bits per heavy atom. The van der Waals surface area contributed by atoms with Gasteiger partial charge in [-0.25, -0.2) is 0 Å². The molecule has 160 valence electrons. The molecule has 1 aliphatic heterocycles. The molecule has 0 saturated carbocycles. The number of benzene rings is 3. The molecule has 0 aliphatic carbocycles. The summed E-state index contributed by atoms with van der Waals surface area (Å²) in [7, 11) is 1.63. The minimum atomic E-state index is 0.0486. The molecule has 1 atom stereocenters. The number of hydrazone groups is 1. The zero-order valence-electron chi connectivity index (χ0n) is 17.2. The third-order valence-corrected chi connectivity index (χ3v) is 5.89. The van der Waals surface area contributed by atoms with Crippen molar-refractivity contribution in [3.05, 3.63) is 94.1 Å². The summed E-state index contributed by atoms with van der Waals surface area (Å²) in [6.07, 6.45) is 2.47. The van der Waals surface area contributed by atoms with Crippen LogP contribution in [0.3, 0.4) is 0 Å². The van der Waals surface area contributed by atoms with E-state index in [9.17, 15) is 0 Å². The van der Waals surface area contributed by atoms with E-state index in [0.29, 0.717) is 27.3 Å². The fourth-order valence-electron chi connectivity index (χ4n) is 3.75. The van der Waals surface area contributed by atoms with Gasteiger partial charge in [0, 0.05) is 28.0 Å². The highest BCUT2D eigenvalue weighted by Gasteiger charge is 2.22. The molecule has 32 heavy (non-hydrogen) atoms. The number of nitrogens with zero attached hydrogens (tertiary/aromatic N) is 2. The molecule has 1 N–H and O–H groups in total. The van der Waals surface area contributed by atoms with Crippen molar-refractivity contribution in [2.24, 2.45) is 5.10 Å². The molecule has 5 rings (SSSR count). The van der Waals surface area contributed by atoms with Gasteiger partial charge in [-0.15, -0.1) is 0 Å². The van der Waals surface area contributed by atoms with Crippen LogP contribution < -0.4 is 14.9 Å². The number of hydrogen-bond acceptors (Lipinski definition) is 5. The molecule has 0 radical (unpaired) electrons. The molecular weight excluding hydrogens is 445 g/mol. The lowest BCUT2D eigenvalue weighted by molar-refractivity contribution is 0.379. The van der Waals surface area contributed by atoms with Crippen LogP contribution in [0.25, 0.3) is 10.9 Å². The normalized spacial score (nSPS) is 15.3. The lowest BCUT2D eigenvalue weighted by Crippen LogP contribution is -2.10. The topological polar surface area (TPSA) is 55.7 Å². The van der Waals surface area contributed by atoms with Crippen LogP contribution in [0.4, 0.5) is 0 Å². The highest BCUT2D eigenvalue weighted by molar-refractivity contribution is 6.31. The van der Waals surface area contributed by atoms with E-state index in [4.69, 9.17) is 32.7 Å². The lowest BCUT2D eigenvalue weighted by Gasteiger charge is -2.16. The monoisotopic (exact) mass is 463 g/mol. The largest absolute Gasteiger partial charge is 0.493 e. The first-order valence-electron chi connectivity index (χ1n) is 10.1. The maximum Gasteiger partial charge on any atom is 0.169 e. The zero-order valence-corrected chi connectivity index (χ0v) is 18.7. The number of aromatic nitrogens is 1. The van der Waals surface area contributed by atoms with Crippen molar-refractivity contribution in [3.63, 3.8) is 0 Å². The highest BCUT2D eigenvalue weighted by atomic mass is 35.5. The molecule has 4 aromatic rings. The minimum absolute atomic E-state index is 0.0486. The summed E-state index contributed by atoms with van der Waals surface area (Å²) in [6, 6.07) is 21.0. The predicted octanol–water partition coefficient (Wildman–Crippen LogP) is 6.78. The Hall–Kier alpha value is -3.28. The molecule has 7 heteroatoms. The minimum Gasteiger partial charge on any atom is -0.493 e. The molecule has 5 nitrogen and oxygen atoms in total. The second-order valence-corrected chi connectivity index (χ2v) is 8.31. The Labute approximate surface area is 195 Å². The highest BCUT2D eigenvalue weighted by Crippen LogP contribution is 2.38. The quantitative estimate of drug-likeness (QED) is 0.354. The Bertz CT molecular complexity index is 1320. The van der Waals surface area contributed by atoms with Gasteiger partial charge in [0.05, 0.1) is 24.4 Å². The average Bonchev–Trinajstić information content (AvgIpc) is 3.30. The molecule has 1 aromatic heterocycles. The van der Waals surface area contributed by atoms with E-state index in [2.05, 4.69) is 15.5 Å². The van der Waals surface area contributed by atoms with Gasteiger partial charge in [0.15, 0.2) is 11.5 Å². The van der Waals surface area contributed by atoms with Crippen LogP contribution in [0.1, 0.15) is 23.6 Å². The molecule has 0 fully saturated rings. The SMILES string of the molecule is COc1cc(C2CC(c3ccc(Cl)cc3)=NN2)ccc1Oc1ccnc2cc(Cl)ccc12. The number of nitrogens with one attached hydrogen (secondary N) is 1. The van der Waals surface area contributed by atoms with Crippen molar-refractivity contribution in [1.82, 2.24) is 10.4 Å². The van der Waals surface area contributed by atoms with Crippen LogP contribution in [0.15, 0.2) is 78.0 Å². The molecule has 0 spiro atoms. The van der Waals surface area contributed by atoms with E-state index in [0.717, 1.165) is 34.2 Å². The number of hydrogen-bond donors (Lipinski definition) is 1. The van der Waals surface area contributed by atoms with Gasteiger partial charge in [-0.05, 0) is 59.7 Å². The van der Waals surface area contributed by atoms with Crippen molar-refractivity contribution in [2.45, 2.75) is 12.5 Å². The maximum absolute atomic E-state index is 6.20. The van der Waals surface area contributed by atoms with Gasteiger partial charge in [-0.1, -0.05) is 41.4 Å². The van der Waals surface area contributed by atoms with Gasteiger partial charge < -0.3 is 14.9 Å². The van der Waals surface area contributed by atoms with Crippen LogP contribution in [-0.4, -0.2) is 17.8 Å². The third kappa shape index (κ3) is 4.09. The molecule has 0 bridgehead atoms. The molecule has 0 amide bonds. The summed E-state index contributed by atoms with van der Waals surface area (Å²) in [4.78, 5) is 4.37. The molecule has 0 saturated heterocycles. The second-order valence-electron chi connectivity index (χ2n) is 7.43. The van der Waals surface area contributed by atoms with Gasteiger partial charge in [0.25, 0.3) is 0 Å². The molecule has 1 aliphatic rings. The van der Waals surface area contributed by atoms with Crippen LogP contribution in [-0.2, 0) is 0 Å². The summed E-state index contributed by atoms with van der Waals surface area (Å²) in [5, 5.41) is 6.73. The summed E-state index contributed by atoms with van der Waals surface area (Å²) in [5.41, 5.74) is 7.11. The van der Waals surface area contributed by atoms with Crippen molar-refractivity contribution in [3.8, 4) is 17.2 Å². The Kier molecular flexibility index (Phi) is 5.60. The molecule has 2 heterocycles. The summed E-state index contributed by atoms with van der Waals surface area (Å²) >= 11 is 12.1. The smallest absolute Gasteiger partial charge is 0.169 e. The Morgan fingerprint density at radius 2 is 1.69 bits per heavy atom. The molecular formula is C25H19Cl2N3O2. The first-order valence-corrected chi connectivity index (χ1v) is 10.8. The first-order chi connectivity index (χ1) is 15.6. The molecule has 1 unspecified atom stereocenters. The van der Waals surface area contributed by atoms with Crippen LogP contribution in [0, 0.1) is 0 Å². The summed E-state index contributed by atoms with van der Waals surface area (Å²) in [5.74, 6) is 1.95. The standard InChI is InChI=1S/C25H19Cl2N3O2/c1-31-25-12-16(21-14-20(29-30-21)15-2-5-17(26)6-3-15)4-9-24(25)32-23-10-11-28-22-13-18(27)7-8-19(22)23/h2-13,21,30H,14H2,1H3. The first kappa shape index (κ1) is 20.6. The summed E-state index contributed by atoms with van der Waals surface area (Å²) < 4.78 is 11.8. The Morgan fingerprint density at radius 1 is 0.875 bits per heavy atom. The number of fused-ring (bicyclic) bond motifs is 1. The van der Waals surface area contributed by atoms with E-state index in [1.165, 1.54) is 0 Å². The second kappa shape index (κ2) is 8.69. The van der Waals surface area contributed by atoms with E-state index in [1.54, 1.807) is 13.3 Å². The zero-order chi connectivity index (χ0) is 22.1. The lowest BCUT2D eigenvalue weighted by atomic mass is 9.99. The number of pyridine rings is 1. The number of methoxy groups -OCH3 is 1. The third-order valence-electron chi connectivity index (χ3n) is 5.40. The average molecular weight is 464 g/mol. The van der Waals surface area contributed by atoms with Crippen LogP contribution >= 0.6 is 23.2 Å². The van der Waals surface area contributed by atoms with E-state index in [-0.39, 0.29) is 6.04 Å².